The van der Waals surface area contributed by atoms with Gasteiger partial charge in [0.2, 0.25) is 5.91 Å². The van der Waals surface area contributed by atoms with Crippen molar-refractivity contribution < 1.29 is 14.7 Å². The molecule has 0 saturated carbocycles. The monoisotopic (exact) mass is 334 g/mol. The SMILES string of the molecule is CC(C)CNC(=O)NC(=O)CN1CCN(c2ccccc2O)CC1. The average Bonchev–Trinajstić information content (AvgIpc) is 2.54. The smallest absolute Gasteiger partial charge is 0.321 e. The zero-order valence-corrected chi connectivity index (χ0v) is 14.3. The van der Waals surface area contributed by atoms with Gasteiger partial charge in [0.15, 0.2) is 0 Å². The molecule has 1 aliphatic heterocycles. The summed E-state index contributed by atoms with van der Waals surface area (Å²) in [5.74, 6) is 0.311. The van der Waals surface area contributed by atoms with E-state index in [-0.39, 0.29) is 18.2 Å². The maximum atomic E-state index is 11.9. The first kappa shape index (κ1) is 18.1. The molecule has 1 aliphatic rings. The molecule has 132 valence electrons. The molecule has 0 atom stereocenters. The fraction of sp³-hybridized carbons (Fsp3) is 0.529. The molecular weight excluding hydrogens is 308 g/mol. The highest BCUT2D eigenvalue weighted by Crippen LogP contribution is 2.26. The number of hydrogen-bond acceptors (Lipinski definition) is 5. The van der Waals surface area contributed by atoms with Crippen LogP contribution in [0.5, 0.6) is 5.75 Å². The molecule has 0 radical (unpaired) electrons. The van der Waals surface area contributed by atoms with E-state index >= 15 is 0 Å². The van der Waals surface area contributed by atoms with Gasteiger partial charge in [-0.15, -0.1) is 0 Å². The Balaban J connectivity index is 1.74. The second-order valence-electron chi connectivity index (χ2n) is 6.40. The summed E-state index contributed by atoms with van der Waals surface area (Å²) in [6.45, 7) is 7.58. The lowest BCUT2D eigenvalue weighted by Gasteiger charge is -2.35. The fourth-order valence-corrected chi connectivity index (χ4v) is 2.59. The number of rotatable bonds is 5. The number of aromatic hydroxyl groups is 1. The molecule has 3 amide bonds. The molecule has 24 heavy (non-hydrogen) atoms. The Kier molecular flexibility index (Phi) is 6.43. The lowest BCUT2D eigenvalue weighted by molar-refractivity contribution is -0.121. The van der Waals surface area contributed by atoms with Crippen molar-refractivity contribution in [1.29, 1.82) is 0 Å². The minimum absolute atomic E-state index is 0.198. The second kappa shape index (κ2) is 8.54. The van der Waals surface area contributed by atoms with Gasteiger partial charge in [-0.25, -0.2) is 4.79 Å². The maximum absolute atomic E-state index is 11.9. The summed E-state index contributed by atoms with van der Waals surface area (Å²) >= 11 is 0. The molecule has 1 aromatic carbocycles. The van der Waals surface area contributed by atoms with Crippen LogP contribution in [0.2, 0.25) is 0 Å². The highest BCUT2D eigenvalue weighted by Gasteiger charge is 2.21. The van der Waals surface area contributed by atoms with Crippen molar-refractivity contribution in [3.8, 4) is 5.75 Å². The number of imide groups is 1. The quantitative estimate of drug-likeness (QED) is 0.748. The van der Waals surface area contributed by atoms with Crippen LogP contribution in [0.3, 0.4) is 0 Å². The van der Waals surface area contributed by atoms with E-state index < -0.39 is 6.03 Å². The van der Waals surface area contributed by atoms with Gasteiger partial charge in [-0.3, -0.25) is 15.0 Å². The number of nitrogens with one attached hydrogen (secondary N) is 2. The molecule has 0 bridgehead atoms. The largest absolute Gasteiger partial charge is 0.506 e. The van der Waals surface area contributed by atoms with E-state index in [4.69, 9.17) is 0 Å². The number of phenolic OH excluding ortho intramolecular Hbond substituents is 1. The van der Waals surface area contributed by atoms with E-state index in [0.717, 1.165) is 18.8 Å². The summed E-state index contributed by atoms with van der Waals surface area (Å²) in [6, 6.07) is 6.80. The van der Waals surface area contributed by atoms with Gasteiger partial charge in [0.1, 0.15) is 5.75 Å². The molecule has 3 N–H and O–H groups in total. The van der Waals surface area contributed by atoms with Crippen LogP contribution in [0, 0.1) is 5.92 Å². The van der Waals surface area contributed by atoms with Crippen molar-refractivity contribution in [1.82, 2.24) is 15.5 Å². The minimum atomic E-state index is -0.443. The zero-order chi connectivity index (χ0) is 17.5. The fourth-order valence-electron chi connectivity index (χ4n) is 2.59. The van der Waals surface area contributed by atoms with E-state index in [1.807, 2.05) is 30.9 Å². The third kappa shape index (κ3) is 5.42. The third-order valence-electron chi connectivity index (χ3n) is 3.89. The molecule has 2 rings (SSSR count). The standard InChI is InChI=1S/C17H26N4O3/c1-13(2)11-18-17(24)19-16(23)12-20-7-9-21(10-8-20)14-5-3-4-6-15(14)22/h3-6,13,22H,7-12H2,1-2H3,(H2,18,19,23,24). The molecule has 0 unspecified atom stereocenters. The molecule has 1 fully saturated rings. The number of benzene rings is 1. The lowest BCUT2D eigenvalue weighted by atomic mass is 10.2. The van der Waals surface area contributed by atoms with Crippen molar-refractivity contribution in [2.45, 2.75) is 13.8 Å². The normalized spacial score (nSPS) is 15.4. The molecule has 7 nitrogen and oxygen atoms in total. The number of nitrogens with zero attached hydrogens (tertiary/aromatic N) is 2. The van der Waals surface area contributed by atoms with Crippen LogP contribution in [-0.2, 0) is 4.79 Å². The number of anilines is 1. The summed E-state index contributed by atoms with van der Waals surface area (Å²) in [4.78, 5) is 27.6. The summed E-state index contributed by atoms with van der Waals surface area (Å²) in [6.07, 6.45) is 0. The van der Waals surface area contributed by atoms with Gasteiger partial charge < -0.3 is 15.3 Å². The first-order valence-electron chi connectivity index (χ1n) is 8.28. The van der Waals surface area contributed by atoms with Crippen LogP contribution >= 0.6 is 0 Å². The highest BCUT2D eigenvalue weighted by atomic mass is 16.3. The van der Waals surface area contributed by atoms with Gasteiger partial charge in [0, 0.05) is 32.7 Å². The Labute approximate surface area is 142 Å². The molecule has 1 saturated heterocycles. The number of para-hydroxylation sites is 2. The number of carbonyl (C=O) groups excluding carboxylic acids is 2. The van der Waals surface area contributed by atoms with Gasteiger partial charge in [-0.2, -0.15) is 0 Å². The van der Waals surface area contributed by atoms with Gasteiger partial charge in [-0.05, 0) is 18.1 Å². The van der Waals surface area contributed by atoms with Crippen LogP contribution in [0.25, 0.3) is 0 Å². The van der Waals surface area contributed by atoms with Crippen LogP contribution in [0.4, 0.5) is 10.5 Å². The van der Waals surface area contributed by atoms with Crippen molar-refractivity contribution in [2.24, 2.45) is 5.92 Å². The van der Waals surface area contributed by atoms with Crippen molar-refractivity contribution >= 4 is 17.6 Å². The Morgan fingerprint density at radius 3 is 2.46 bits per heavy atom. The maximum Gasteiger partial charge on any atom is 0.321 e. The van der Waals surface area contributed by atoms with Crippen molar-refractivity contribution in [3.05, 3.63) is 24.3 Å². The van der Waals surface area contributed by atoms with Gasteiger partial charge in [0.25, 0.3) is 0 Å². The predicted molar refractivity (Wildman–Crippen MR) is 93.1 cm³/mol. The van der Waals surface area contributed by atoms with E-state index in [1.165, 1.54) is 0 Å². The van der Waals surface area contributed by atoms with E-state index in [2.05, 4.69) is 15.5 Å². The van der Waals surface area contributed by atoms with Crippen molar-refractivity contribution in [3.63, 3.8) is 0 Å². The molecule has 7 heteroatoms. The predicted octanol–water partition coefficient (Wildman–Crippen LogP) is 0.996. The topological polar surface area (TPSA) is 84.9 Å². The number of urea groups is 1. The Morgan fingerprint density at radius 1 is 1.17 bits per heavy atom. The van der Waals surface area contributed by atoms with E-state index in [9.17, 15) is 14.7 Å². The number of piperazine rings is 1. The minimum Gasteiger partial charge on any atom is -0.506 e. The molecular formula is C17H26N4O3. The highest BCUT2D eigenvalue weighted by molar-refractivity contribution is 5.95. The summed E-state index contributed by atoms with van der Waals surface area (Å²) < 4.78 is 0. The molecule has 1 aromatic rings. The van der Waals surface area contributed by atoms with Crippen molar-refractivity contribution in [2.75, 3.05) is 44.2 Å². The first-order valence-corrected chi connectivity index (χ1v) is 8.28. The molecule has 0 aliphatic carbocycles. The number of carbonyl (C=O) groups is 2. The van der Waals surface area contributed by atoms with Crippen LogP contribution in [0.1, 0.15) is 13.8 Å². The Hall–Kier alpha value is -2.28. The van der Waals surface area contributed by atoms with Crippen LogP contribution in [-0.4, -0.2) is 61.2 Å². The number of phenols is 1. The average molecular weight is 334 g/mol. The van der Waals surface area contributed by atoms with Gasteiger partial charge in [0.05, 0.1) is 12.2 Å². The number of hydrogen-bond donors (Lipinski definition) is 3. The zero-order valence-electron chi connectivity index (χ0n) is 14.3. The molecule has 0 aromatic heterocycles. The van der Waals surface area contributed by atoms with Gasteiger partial charge in [-0.1, -0.05) is 26.0 Å². The summed E-state index contributed by atoms with van der Waals surface area (Å²) in [5, 5.41) is 14.9. The summed E-state index contributed by atoms with van der Waals surface area (Å²) in [7, 11) is 0. The molecule has 1 heterocycles. The first-order chi connectivity index (χ1) is 11.5. The third-order valence-corrected chi connectivity index (χ3v) is 3.89. The summed E-state index contributed by atoms with van der Waals surface area (Å²) in [5.41, 5.74) is 0.815. The number of amides is 3. The lowest BCUT2D eigenvalue weighted by Crippen LogP contribution is -2.51. The second-order valence-corrected chi connectivity index (χ2v) is 6.40. The Bertz CT molecular complexity index is 569. The van der Waals surface area contributed by atoms with Gasteiger partial charge >= 0.3 is 6.03 Å². The van der Waals surface area contributed by atoms with Crippen LogP contribution in [0.15, 0.2) is 24.3 Å². The van der Waals surface area contributed by atoms with E-state index in [1.54, 1.807) is 12.1 Å². The van der Waals surface area contributed by atoms with E-state index in [0.29, 0.717) is 25.6 Å². The Morgan fingerprint density at radius 2 is 1.83 bits per heavy atom. The molecule has 0 spiro atoms. The van der Waals surface area contributed by atoms with Crippen LogP contribution < -0.4 is 15.5 Å².